The lowest BCUT2D eigenvalue weighted by Gasteiger charge is -2.05. The molecule has 0 unspecified atom stereocenters. The number of hydrogen-bond acceptors (Lipinski definition) is 4. The van der Waals surface area contributed by atoms with E-state index in [1.54, 1.807) is 0 Å². The molecule has 1 N–H and O–H groups in total. The highest BCUT2D eigenvalue weighted by atomic mass is 32.2. The molecule has 1 aliphatic rings. The van der Waals surface area contributed by atoms with E-state index in [0.29, 0.717) is 5.92 Å². The lowest BCUT2D eigenvalue weighted by Crippen LogP contribution is -2.01. The van der Waals surface area contributed by atoms with Crippen molar-refractivity contribution >= 4 is 28.5 Å². The van der Waals surface area contributed by atoms with Gasteiger partial charge in [0.25, 0.3) is 0 Å². The van der Waals surface area contributed by atoms with Crippen molar-refractivity contribution in [1.29, 1.82) is 0 Å². The number of unbranched alkanes of at least 4 members (excludes halogenated alkanes) is 1. The number of benzene rings is 1. The normalized spacial score (nSPS) is 15.0. The summed E-state index contributed by atoms with van der Waals surface area (Å²) in [6.45, 7) is 1.03. The van der Waals surface area contributed by atoms with Crippen molar-refractivity contribution in [1.82, 2.24) is 4.98 Å². The molecule has 0 spiro atoms. The number of rotatable bonds is 7. The van der Waals surface area contributed by atoms with Crippen LogP contribution in [-0.2, 0) is 0 Å². The molecule has 3 rings (SSSR count). The number of nitrogens with zero attached hydrogens (tertiary/aromatic N) is 1. The molecular weight excluding hydrogens is 256 g/mol. The van der Waals surface area contributed by atoms with Crippen LogP contribution in [0.15, 0.2) is 22.6 Å². The van der Waals surface area contributed by atoms with Gasteiger partial charge in [0.2, 0.25) is 0 Å². The largest absolute Gasteiger partial charge is 0.440 e. The summed E-state index contributed by atoms with van der Waals surface area (Å²) in [5, 5.41) is 3.46. The number of oxazole rings is 1. The summed E-state index contributed by atoms with van der Waals surface area (Å²) in [5.41, 5.74) is 3.04. The lowest BCUT2D eigenvalue weighted by atomic mass is 10.2. The van der Waals surface area contributed by atoms with E-state index in [0.717, 1.165) is 29.2 Å². The molecule has 1 aliphatic carbocycles. The van der Waals surface area contributed by atoms with E-state index in [9.17, 15) is 0 Å². The maximum absolute atomic E-state index is 5.76. The molecule has 1 heterocycles. The smallest absolute Gasteiger partial charge is 0.198 e. The highest BCUT2D eigenvalue weighted by Crippen LogP contribution is 2.40. The minimum absolute atomic E-state index is 0.579. The molecule has 0 bridgehead atoms. The average molecular weight is 276 g/mol. The lowest BCUT2D eigenvalue weighted by molar-refractivity contribution is 0.533. The quantitative estimate of drug-likeness (QED) is 0.767. The first-order valence-corrected chi connectivity index (χ1v) is 8.39. The third-order valence-electron chi connectivity index (χ3n) is 3.44. The molecule has 3 nitrogen and oxygen atoms in total. The van der Waals surface area contributed by atoms with E-state index in [1.807, 2.05) is 17.8 Å². The average Bonchev–Trinajstić information content (AvgIpc) is 3.18. The standard InChI is InChI=1S/C15H20N2OS/c1-19-9-3-2-8-16-12-6-7-14-13(10-12)17-15(18-14)11-4-5-11/h6-7,10-11,16H,2-5,8-9H2,1H3. The number of hydrogen-bond donors (Lipinski definition) is 1. The molecule has 0 atom stereocenters. The minimum atomic E-state index is 0.579. The predicted molar refractivity (Wildman–Crippen MR) is 82.1 cm³/mol. The summed E-state index contributed by atoms with van der Waals surface area (Å²) in [6, 6.07) is 6.20. The molecule has 0 radical (unpaired) electrons. The van der Waals surface area contributed by atoms with Crippen LogP contribution in [0.1, 0.15) is 37.5 Å². The van der Waals surface area contributed by atoms with Crippen molar-refractivity contribution in [3.63, 3.8) is 0 Å². The molecule has 0 aliphatic heterocycles. The molecule has 102 valence electrons. The molecule has 1 aromatic heterocycles. The molecule has 0 amide bonds. The van der Waals surface area contributed by atoms with Gasteiger partial charge >= 0.3 is 0 Å². The Morgan fingerprint density at radius 1 is 1.37 bits per heavy atom. The van der Waals surface area contributed by atoms with Gasteiger partial charge in [0.1, 0.15) is 5.52 Å². The van der Waals surface area contributed by atoms with Gasteiger partial charge in [-0.2, -0.15) is 11.8 Å². The first kappa shape index (κ1) is 12.9. The highest BCUT2D eigenvalue weighted by Gasteiger charge is 2.28. The van der Waals surface area contributed by atoms with Gasteiger partial charge in [-0.05, 0) is 55.9 Å². The molecule has 2 aromatic rings. The maximum atomic E-state index is 5.76. The summed E-state index contributed by atoms with van der Waals surface area (Å²) in [5.74, 6) is 2.75. The minimum Gasteiger partial charge on any atom is -0.440 e. The molecule has 0 saturated heterocycles. The van der Waals surface area contributed by atoms with Crippen molar-refractivity contribution in [3.8, 4) is 0 Å². The first-order chi connectivity index (χ1) is 9.36. The second kappa shape index (κ2) is 5.87. The van der Waals surface area contributed by atoms with Gasteiger partial charge in [0, 0.05) is 18.2 Å². The Labute approximate surface area is 118 Å². The van der Waals surface area contributed by atoms with Crippen LogP contribution < -0.4 is 5.32 Å². The monoisotopic (exact) mass is 276 g/mol. The summed E-state index contributed by atoms with van der Waals surface area (Å²) < 4.78 is 5.76. The molecule has 4 heteroatoms. The van der Waals surface area contributed by atoms with Crippen molar-refractivity contribution in [3.05, 3.63) is 24.1 Å². The van der Waals surface area contributed by atoms with Gasteiger partial charge in [0.05, 0.1) is 0 Å². The zero-order valence-corrected chi connectivity index (χ0v) is 12.1. The Morgan fingerprint density at radius 2 is 2.26 bits per heavy atom. The van der Waals surface area contributed by atoms with E-state index >= 15 is 0 Å². The zero-order valence-electron chi connectivity index (χ0n) is 11.3. The van der Waals surface area contributed by atoms with Crippen molar-refractivity contribution in [2.75, 3.05) is 23.9 Å². The summed E-state index contributed by atoms with van der Waals surface area (Å²) >= 11 is 1.91. The molecule has 1 fully saturated rings. The third-order valence-corrected chi connectivity index (χ3v) is 4.13. The van der Waals surface area contributed by atoms with Crippen LogP contribution in [0, 0.1) is 0 Å². The van der Waals surface area contributed by atoms with Crippen LogP contribution in [0.4, 0.5) is 5.69 Å². The van der Waals surface area contributed by atoms with Crippen molar-refractivity contribution in [2.45, 2.75) is 31.6 Å². The Kier molecular flexibility index (Phi) is 3.97. The molecular formula is C15H20N2OS. The van der Waals surface area contributed by atoms with Crippen LogP contribution in [0.2, 0.25) is 0 Å². The predicted octanol–water partition coefficient (Wildman–Crippen LogP) is 4.26. The van der Waals surface area contributed by atoms with Crippen LogP contribution in [0.5, 0.6) is 0 Å². The number of aromatic nitrogens is 1. The molecule has 19 heavy (non-hydrogen) atoms. The van der Waals surface area contributed by atoms with E-state index < -0.39 is 0 Å². The fraction of sp³-hybridized carbons (Fsp3) is 0.533. The Hall–Kier alpha value is -1.16. The van der Waals surface area contributed by atoms with E-state index in [2.05, 4.69) is 28.7 Å². The number of fused-ring (bicyclic) bond motifs is 1. The van der Waals surface area contributed by atoms with Gasteiger partial charge in [-0.1, -0.05) is 0 Å². The number of thioether (sulfide) groups is 1. The topological polar surface area (TPSA) is 38.1 Å². The Bertz CT molecular complexity index is 548. The van der Waals surface area contributed by atoms with Crippen molar-refractivity contribution in [2.24, 2.45) is 0 Å². The highest BCUT2D eigenvalue weighted by molar-refractivity contribution is 7.98. The number of anilines is 1. The van der Waals surface area contributed by atoms with Crippen LogP contribution in [0.3, 0.4) is 0 Å². The fourth-order valence-corrected chi connectivity index (χ4v) is 2.66. The second-order valence-electron chi connectivity index (χ2n) is 5.14. The summed E-state index contributed by atoms with van der Waals surface area (Å²) in [4.78, 5) is 4.58. The SMILES string of the molecule is CSCCCCNc1ccc2oc(C3CC3)nc2c1. The van der Waals surface area contributed by atoms with Gasteiger partial charge < -0.3 is 9.73 Å². The Morgan fingerprint density at radius 3 is 3.05 bits per heavy atom. The maximum Gasteiger partial charge on any atom is 0.198 e. The summed E-state index contributed by atoms with van der Waals surface area (Å²) in [7, 11) is 0. The van der Waals surface area contributed by atoms with Crippen LogP contribution >= 0.6 is 11.8 Å². The Balaban J connectivity index is 1.60. The molecule has 1 aromatic carbocycles. The van der Waals surface area contributed by atoms with Gasteiger partial charge in [0.15, 0.2) is 11.5 Å². The second-order valence-corrected chi connectivity index (χ2v) is 6.12. The van der Waals surface area contributed by atoms with E-state index in [4.69, 9.17) is 4.42 Å². The zero-order chi connectivity index (χ0) is 13.1. The third kappa shape index (κ3) is 3.24. The van der Waals surface area contributed by atoms with E-state index in [1.165, 1.54) is 31.4 Å². The fourth-order valence-electron chi connectivity index (χ4n) is 2.16. The van der Waals surface area contributed by atoms with E-state index in [-0.39, 0.29) is 0 Å². The number of nitrogens with one attached hydrogen (secondary N) is 1. The molecule has 1 saturated carbocycles. The van der Waals surface area contributed by atoms with Crippen molar-refractivity contribution < 1.29 is 4.42 Å². The van der Waals surface area contributed by atoms with Gasteiger partial charge in [-0.3, -0.25) is 0 Å². The van der Waals surface area contributed by atoms with Gasteiger partial charge in [-0.15, -0.1) is 0 Å². The summed E-state index contributed by atoms with van der Waals surface area (Å²) in [6.07, 6.45) is 7.10. The first-order valence-electron chi connectivity index (χ1n) is 7.00. The van der Waals surface area contributed by atoms with Crippen LogP contribution in [-0.4, -0.2) is 23.5 Å². The van der Waals surface area contributed by atoms with Crippen LogP contribution in [0.25, 0.3) is 11.1 Å². The van der Waals surface area contributed by atoms with Gasteiger partial charge in [-0.25, -0.2) is 4.98 Å².